The summed E-state index contributed by atoms with van der Waals surface area (Å²) >= 11 is 0. The lowest BCUT2D eigenvalue weighted by Crippen LogP contribution is -2.05. The number of nitrogens with one attached hydrogen (secondary N) is 1. The third-order valence-electron chi connectivity index (χ3n) is 2.67. The number of aromatic nitrogens is 2. The lowest BCUT2D eigenvalue weighted by Gasteiger charge is -2.04. The summed E-state index contributed by atoms with van der Waals surface area (Å²) in [6, 6.07) is 7.49. The molecular weight excluding hydrogens is 228 g/mol. The van der Waals surface area contributed by atoms with Gasteiger partial charge in [-0.2, -0.15) is 5.10 Å². The minimum absolute atomic E-state index is 0.0805. The van der Waals surface area contributed by atoms with E-state index in [0.29, 0.717) is 6.54 Å². The molecule has 0 bridgehead atoms. The number of hydrogen-bond donors (Lipinski definition) is 2. The lowest BCUT2D eigenvalue weighted by molar-refractivity contribution is -0.114. The van der Waals surface area contributed by atoms with Crippen molar-refractivity contribution < 1.29 is 4.79 Å². The molecule has 0 spiro atoms. The van der Waals surface area contributed by atoms with Crippen LogP contribution in [-0.4, -0.2) is 15.7 Å². The Hall–Kier alpha value is -2.14. The second-order valence-corrected chi connectivity index (χ2v) is 4.12. The molecule has 0 fully saturated rings. The molecule has 1 heterocycles. The van der Waals surface area contributed by atoms with Gasteiger partial charge in [0.05, 0.1) is 11.4 Å². The van der Waals surface area contributed by atoms with Gasteiger partial charge in [0, 0.05) is 30.9 Å². The maximum atomic E-state index is 10.9. The Labute approximate surface area is 106 Å². The summed E-state index contributed by atoms with van der Waals surface area (Å²) in [5.41, 5.74) is 9.29. The molecule has 5 nitrogen and oxygen atoms in total. The van der Waals surface area contributed by atoms with E-state index in [4.69, 9.17) is 5.73 Å². The first-order valence-electron chi connectivity index (χ1n) is 5.73. The largest absolute Gasteiger partial charge is 0.326 e. The second kappa shape index (κ2) is 5.01. The average molecular weight is 244 g/mol. The Morgan fingerprint density at radius 1 is 1.39 bits per heavy atom. The predicted octanol–water partition coefficient (Wildman–Crippen LogP) is 1.60. The normalized spacial score (nSPS) is 10.4. The van der Waals surface area contributed by atoms with E-state index in [0.717, 1.165) is 22.6 Å². The minimum Gasteiger partial charge on any atom is -0.326 e. The molecule has 0 radical (unpaired) electrons. The van der Waals surface area contributed by atoms with Crippen molar-refractivity contribution in [3.63, 3.8) is 0 Å². The van der Waals surface area contributed by atoms with Crippen molar-refractivity contribution in [2.24, 2.45) is 5.73 Å². The number of carbonyl (C=O) groups is 1. The van der Waals surface area contributed by atoms with E-state index in [1.54, 1.807) is 4.68 Å². The van der Waals surface area contributed by atoms with Gasteiger partial charge in [0.25, 0.3) is 0 Å². The van der Waals surface area contributed by atoms with E-state index < -0.39 is 0 Å². The average Bonchev–Trinajstić information content (AvgIpc) is 2.71. The third kappa shape index (κ3) is 2.57. The summed E-state index contributed by atoms with van der Waals surface area (Å²) in [4.78, 5) is 10.9. The predicted molar refractivity (Wildman–Crippen MR) is 70.5 cm³/mol. The summed E-state index contributed by atoms with van der Waals surface area (Å²) in [5, 5.41) is 7.11. The highest BCUT2D eigenvalue weighted by molar-refractivity contribution is 5.88. The first kappa shape index (κ1) is 12.3. The van der Waals surface area contributed by atoms with Crippen molar-refractivity contribution in [2.75, 3.05) is 5.32 Å². The van der Waals surface area contributed by atoms with Gasteiger partial charge in [-0.25, -0.2) is 4.68 Å². The Morgan fingerprint density at radius 3 is 2.56 bits per heavy atom. The van der Waals surface area contributed by atoms with Gasteiger partial charge in [0.1, 0.15) is 0 Å². The maximum absolute atomic E-state index is 10.9. The summed E-state index contributed by atoms with van der Waals surface area (Å²) in [6.45, 7) is 3.90. The van der Waals surface area contributed by atoms with E-state index in [9.17, 15) is 4.79 Å². The minimum atomic E-state index is -0.0805. The topological polar surface area (TPSA) is 72.9 Å². The van der Waals surface area contributed by atoms with Crippen LogP contribution in [0.3, 0.4) is 0 Å². The zero-order valence-corrected chi connectivity index (χ0v) is 10.5. The zero-order valence-electron chi connectivity index (χ0n) is 10.5. The van der Waals surface area contributed by atoms with Crippen LogP contribution in [0.2, 0.25) is 0 Å². The molecule has 1 aromatic heterocycles. The molecule has 0 aliphatic carbocycles. The van der Waals surface area contributed by atoms with Gasteiger partial charge in [0.2, 0.25) is 5.91 Å². The maximum Gasteiger partial charge on any atom is 0.221 e. The number of nitrogens with two attached hydrogens (primary N) is 1. The first-order valence-corrected chi connectivity index (χ1v) is 5.73. The Morgan fingerprint density at radius 2 is 2.06 bits per heavy atom. The van der Waals surface area contributed by atoms with Crippen molar-refractivity contribution in [3.05, 3.63) is 41.7 Å². The molecule has 0 saturated heterocycles. The number of carbonyl (C=O) groups excluding carboxylic acids is 1. The van der Waals surface area contributed by atoms with Crippen LogP contribution in [0, 0.1) is 6.92 Å². The Bertz CT molecular complexity index is 557. The van der Waals surface area contributed by atoms with E-state index in [1.165, 1.54) is 6.92 Å². The van der Waals surface area contributed by atoms with Gasteiger partial charge in [0.15, 0.2) is 0 Å². The quantitative estimate of drug-likeness (QED) is 0.861. The molecule has 1 amide bonds. The molecule has 94 valence electrons. The van der Waals surface area contributed by atoms with Crippen molar-refractivity contribution in [3.8, 4) is 5.69 Å². The number of aryl methyl sites for hydroxylation is 1. The van der Waals surface area contributed by atoms with E-state index >= 15 is 0 Å². The van der Waals surface area contributed by atoms with Crippen LogP contribution in [0.5, 0.6) is 0 Å². The molecule has 0 aliphatic heterocycles. The van der Waals surface area contributed by atoms with Gasteiger partial charge in [-0.1, -0.05) is 0 Å². The molecule has 3 N–H and O–H groups in total. The Kier molecular flexibility index (Phi) is 3.43. The number of rotatable bonds is 3. The second-order valence-electron chi connectivity index (χ2n) is 4.12. The van der Waals surface area contributed by atoms with Gasteiger partial charge < -0.3 is 11.1 Å². The van der Waals surface area contributed by atoms with Crippen molar-refractivity contribution in [1.29, 1.82) is 0 Å². The summed E-state index contributed by atoms with van der Waals surface area (Å²) in [6.07, 6.45) is 1.92. The molecule has 0 aliphatic rings. The zero-order chi connectivity index (χ0) is 13.1. The molecule has 0 atom stereocenters. The number of amides is 1. The molecule has 18 heavy (non-hydrogen) atoms. The smallest absolute Gasteiger partial charge is 0.221 e. The number of hydrogen-bond acceptors (Lipinski definition) is 3. The van der Waals surface area contributed by atoms with Crippen LogP contribution < -0.4 is 11.1 Å². The highest BCUT2D eigenvalue weighted by Crippen LogP contribution is 2.15. The van der Waals surface area contributed by atoms with Crippen molar-refractivity contribution in [2.45, 2.75) is 20.4 Å². The van der Waals surface area contributed by atoms with Crippen LogP contribution in [0.25, 0.3) is 5.69 Å². The van der Waals surface area contributed by atoms with Crippen LogP contribution in [0.4, 0.5) is 5.69 Å². The van der Waals surface area contributed by atoms with Gasteiger partial charge in [-0.15, -0.1) is 0 Å². The summed E-state index contributed by atoms with van der Waals surface area (Å²) in [5.74, 6) is -0.0805. The van der Waals surface area contributed by atoms with Crippen molar-refractivity contribution >= 4 is 11.6 Å². The van der Waals surface area contributed by atoms with Crippen LogP contribution in [0.1, 0.15) is 18.2 Å². The van der Waals surface area contributed by atoms with Gasteiger partial charge in [-0.3, -0.25) is 4.79 Å². The van der Waals surface area contributed by atoms with Crippen LogP contribution in [0.15, 0.2) is 30.5 Å². The summed E-state index contributed by atoms with van der Waals surface area (Å²) < 4.78 is 1.79. The molecular formula is C13H16N4O. The number of anilines is 1. The number of benzene rings is 1. The fourth-order valence-corrected chi connectivity index (χ4v) is 1.73. The van der Waals surface area contributed by atoms with E-state index in [-0.39, 0.29) is 5.91 Å². The highest BCUT2D eigenvalue weighted by Gasteiger charge is 2.04. The van der Waals surface area contributed by atoms with Crippen LogP contribution in [-0.2, 0) is 11.3 Å². The monoisotopic (exact) mass is 244 g/mol. The fraction of sp³-hybridized carbons (Fsp3) is 0.231. The van der Waals surface area contributed by atoms with E-state index in [1.807, 2.05) is 37.4 Å². The molecule has 0 saturated carbocycles. The highest BCUT2D eigenvalue weighted by atomic mass is 16.1. The van der Waals surface area contributed by atoms with Crippen LogP contribution >= 0.6 is 0 Å². The molecule has 1 aromatic carbocycles. The van der Waals surface area contributed by atoms with Gasteiger partial charge >= 0.3 is 0 Å². The standard InChI is InChI=1S/C13H16N4O/c1-9-11(7-14)8-17(16-9)13-5-3-12(4-6-13)15-10(2)18/h3-6,8H,7,14H2,1-2H3,(H,15,18). The summed E-state index contributed by atoms with van der Waals surface area (Å²) in [7, 11) is 0. The Balaban J connectivity index is 2.25. The van der Waals surface area contributed by atoms with E-state index in [2.05, 4.69) is 10.4 Å². The fourth-order valence-electron chi connectivity index (χ4n) is 1.73. The number of nitrogens with zero attached hydrogens (tertiary/aromatic N) is 2. The SMILES string of the molecule is CC(=O)Nc1ccc(-n2cc(CN)c(C)n2)cc1. The first-order chi connectivity index (χ1) is 8.60. The lowest BCUT2D eigenvalue weighted by atomic mass is 10.2. The third-order valence-corrected chi connectivity index (χ3v) is 2.67. The van der Waals surface area contributed by atoms with Gasteiger partial charge in [-0.05, 0) is 31.2 Å². The molecule has 5 heteroatoms. The van der Waals surface area contributed by atoms with Crippen molar-refractivity contribution in [1.82, 2.24) is 9.78 Å². The molecule has 2 rings (SSSR count). The molecule has 0 unspecified atom stereocenters. The molecule has 2 aromatic rings.